The molecule has 1 aliphatic rings. The summed E-state index contributed by atoms with van der Waals surface area (Å²) in [5, 5.41) is 11.5. The fourth-order valence-corrected chi connectivity index (χ4v) is 5.00. The number of benzene rings is 2. The van der Waals surface area contributed by atoms with Gasteiger partial charge in [0, 0.05) is 0 Å². The third-order valence-corrected chi connectivity index (χ3v) is 7.09. The summed E-state index contributed by atoms with van der Waals surface area (Å²) >= 11 is 0. The van der Waals surface area contributed by atoms with Crippen molar-refractivity contribution in [1.82, 2.24) is 10.2 Å². The average molecular weight is 664 g/mol. The summed E-state index contributed by atoms with van der Waals surface area (Å²) in [5.74, 6) is 0.143. The third-order valence-electron chi connectivity index (χ3n) is 7.09. The second-order valence-electron chi connectivity index (χ2n) is 11.6. The maximum atomic E-state index is 14.2. The number of hydrogen-bond acceptors (Lipinski definition) is 7. The Kier molecular flexibility index (Phi) is 12.1. The normalized spacial score (nSPS) is 16.3. The Labute approximate surface area is 269 Å². The Bertz CT molecular complexity index is 1540. The van der Waals surface area contributed by atoms with E-state index in [2.05, 4.69) is 10.3 Å². The average Bonchev–Trinajstić information content (AvgIpc) is 3.47. The fourth-order valence-electron chi connectivity index (χ4n) is 5.00. The van der Waals surface area contributed by atoms with Crippen LogP contribution >= 0.6 is 0 Å². The van der Waals surface area contributed by atoms with Crippen LogP contribution in [0.4, 0.5) is 31.1 Å². The molecule has 1 saturated heterocycles. The molecule has 3 rings (SSSR count). The summed E-state index contributed by atoms with van der Waals surface area (Å²) in [6.45, 7) is 7.07. The number of allylic oxidation sites excluding steroid dienone is 1. The van der Waals surface area contributed by atoms with E-state index in [1.807, 2.05) is 0 Å². The number of likely N-dealkylation sites (tertiary alicyclic amines) is 1. The quantitative estimate of drug-likeness (QED) is 0.101. The van der Waals surface area contributed by atoms with Crippen molar-refractivity contribution in [2.75, 3.05) is 13.7 Å². The number of hydrogen-bond donors (Lipinski definition) is 1. The molecule has 15 heteroatoms. The number of aliphatic imine (C=N–C) groups is 1. The number of alkyl carbamates (subject to hydrolysis) is 1. The van der Waals surface area contributed by atoms with E-state index in [1.54, 1.807) is 32.6 Å². The fraction of sp³-hybridized carbons (Fsp3) is 0.438. The zero-order chi connectivity index (χ0) is 35.0. The summed E-state index contributed by atoms with van der Waals surface area (Å²) in [4.78, 5) is 18.8. The SMILES string of the molecule is C/C=C(\N=C(OC)C1CCCN1C(=BOC#N)NC(=O)OC(C)(C)C)c1ccc(CCc2ccc(C(F)(F)F)cc2)c(C(F)(F)F)c1. The van der Waals surface area contributed by atoms with Gasteiger partial charge in [0.2, 0.25) is 0 Å². The maximum absolute atomic E-state index is 14.2. The number of nitrogens with one attached hydrogen (secondary N) is 1. The molecule has 1 heterocycles. The molecular weight excluding hydrogens is 629 g/mol. The third kappa shape index (κ3) is 10.5. The summed E-state index contributed by atoms with van der Waals surface area (Å²) < 4.78 is 97.0. The number of amides is 1. The van der Waals surface area contributed by atoms with Crippen molar-refractivity contribution in [2.45, 2.75) is 77.4 Å². The van der Waals surface area contributed by atoms with E-state index >= 15 is 0 Å². The zero-order valence-corrected chi connectivity index (χ0v) is 26.6. The van der Waals surface area contributed by atoms with Crippen LogP contribution in [0.3, 0.4) is 0 Å². The van der Waals surface area contributed by atoms with Crippen molar-refractivity contribution in [2.24, 2.45) is 4.99 Å². The van der Waals surface area contributed by atoms with Gasteiger partial charge in [0.25, 0.3) is 0 Å². The van der Waals surface area contributed by atoms with Gasteiger partial charge < -0.3 is 0 Å². The Balaban J connectivity index is 1.90. The number of alkyl halides is 6. The molecule has 252 valence electrons. The van der Waals surface area contributed by atoms with E-state index < -0.39 is 41.2 Å². The van der Waals surface area contributed by atoms with Crippen molar-refractivity contribution in [1.29, 1.82) is 5.26 Å². The first-order valence-electron chi connectivity index (χ1n) is 14.6. The minimum absolute atomic E-state index is 0.0185. The summed E-state index contributed by atoms with van der Waals surface area (Å²) in [5.41, 5.74) is -1.63. The molecule has 0 aliphatic carbocycles. The first-order chi connectivity index (χ1) is 22.0. The predicted octanol–water partition coefficient (Wildman–Crippen LogP) is 7.11. The van der Waals surface area contributed by atoms with E-state index in [0.29, 0.717) is 24.9 Å². The number of nitrogens with zero attached hydrogens (tertiary/aromatic N) is 3. The van der Waals surface area contributed by atoms with Gasteiger partial charge >= 0.3 is 221 Å². The molecule has 1 amide bonds. The van der Waals surface area contributed by atoms with Gasteiger partial charge in [-0.1, -0.05) is 12.1 Å². The van der Waals surface area contributed by atoms with Crippen LogP contribution in [0.25, 0.3) is 5.70 Å². The monoisotopic (exact) mass is 664 g/mol. The number of halogens is 6. The molecule has 47 heavy (non-hydrogen) atoms. The molecule has 0 bridgehead atoms. The topological polar surface area (TPSA) is 96.2 Å². The molecule has 8 nitrogen and oxygen atoms in total. The predicted molar refractivity (Wildman–Crippen MR) is 165 cm³/mol. The van der Waals surface area contributed by atoms with Crippen molar-refractivity contribution in [3.63, 3.8) is 0 Å². The molecule has 0 spiro atoms. The van der Waals surface area contributed by atoms with Gasteiger partial charge in [0.15, 0.2) is 0 Å². The second-order valence-corrected chi connectivity index (χ2v) is 11.6. The Morgan fingerprint density at radius 3 is 2.32 bits per heavy atom. The molecule has 0 aromatic heterocycles. The minimum atomic E-state index is -4.71. The van der Waals surface area contributed by atoms with Crippen molar-refractivity contribution >= 4 is 30.5 Å². The molecule has 1 atom stereocenters. The van der Waals surface area contributed by atoms with Crippen LogP contribution in [0, 0.1) is 11.5 Å². The van der Waals surface area contributed by atoms with Crippen molar-refractivity contribution < 1.29 is 45.3 Å². The van der Waals surface area contributed by atoms with Crippen molar-refractivity contribution in [3.8, 4) is 6.26 Å². The van der Waals surface area contributed by atoms with E-state index in [4.69, 9.17) is 19.4 Å². The summed E-state index contributed by atoms with van der Waals surface area (Å²) in [7, 11) is 2.41. The summed E-state index contributed by atoms with van der Waals surface area (Å²) in [6, 6.07) is 7.55. The summed E-state index contributed by atoms with van der Waals surface area (Å²) in [6.07, 6.45) is -5.80. The van der Waals surface area contributed by atoms with Crippen LogP contribution in [0.15, 0.2) is 53.5 Å². The van der Waals surface area contributed by atoms with Crippen LogP contribution in [0.5, 0.6) is 0 Å². The van der Waals surface area contributed by atoms with Crippen LogP contribution in [-0.2, 0) is 39.3 Å². The number of nitriles is 1. The number of ether oxygens (including phenoxy) is 2. The number of aryl methyl sites for hydroxylation is 2. The first kappa shape index (κ1) is 37.0. The molecule has 2 aromatic carbocycles. The number of carbonyl (C=O) groups excluding carboxylic acids is 1. The second kappa shape index (κ2) is 15.4. The number of rotatable bonds is 9. The van der Waals surface area contributed by atoms with Gasteiger partial charge in [-0.2, -0.15) is 13.2 Å². The molecule has 0 radical (unpaired) electrons. The molecule has 2 aromatic rings. The van der Waals surface area contributed by atoms with Crippen LogP contribution < -0.4 is 5.32 Å². The molecule has 1 fully saturated rings. The van der Waals surface area contributed by atoms with Crippen LogP contribution in [0.1, 0.15) is 68.4 Å². The van der Waals surface area contributed by atoms with E-state index in [9.17, 15) is 31.1 Å². The van der Waals surface area contributed by atoms with Gasteiger partial charge in [0.05, 0.1) is 5.56 Å². The van der Waals surface area contributed by atoms with Gasteiger partial charge in [-0.15, -0.1) is 0 Å². The Morgan fingerprint density at radius 1 is 1.09 bits per heavy atom. The van der Waals surface area contributed by atoms with E-state index in [-0.39, 0.29) is 41.3 Å². The van der Waals surface area contributed by atoms with Gasteiger partial charge in [0.1, 0.15) is 0 Å². The van der Waals surface area contributed by atoms with E-state index in [1.165, 1.54) is 43.7 Å². The molecule has 0 saturated carbocycles. The number of methoxy groups -OCH3 is 1. The zero-order valence-electron chi connectivity index (χ0n) is 26.6. The Morgan fingerprint density at radius 2 is 1.77 bits per heavy atom. The standard InChI is InChI=1S/C32H35BF6N4O4/c1-6-25(41-27(45-5)26-8-7-17-43(26)28(33-46-19-40)42-29(44)47-30(2,3)4)22-14-13-21(24(18-22)32(37,38)39)12-9-20-10-15-23(16-11-20)31(34,35)36/h6,10-11,13-16,18,26H,7-9,12,17H2,1-5H3,(H,42,44)/b25-6-,41-27?. The Hall–Kier alpha value is -4.48. The van der Waals surface area contributed by atoms with Gasteiger partial charge in [-0.05, 0) is 17.7 Å². The van der Waals surface area contributed by atoms with Crippen LogP contribution in [0.2, 0.25) is 0 Å². The molecule has 1 unspecified atom stereocenters. The van der Waals surface area contributed by atoms with Crippen LogP contribution in [-0.4, -0.2) is 55.0 Å². The molecular formula is C32H35BF6N4O4. The number of carbonyl (C=O) groups is 1. The van der Waals surface area contributed by atoms with Gasteiger partial charge in [-0.25, -0.2) is 0 Å². The molecule has 1 aliphatic heterocycles. The first-order valence-corrected chi connectivity index (χ1v) is 14.6. The van der Waals surface area contributed by atoms with E-state index in [0.717, 1.165) is 25.3 Å². The van der Waals surface area contributed by atoms with Crippen molar-refractivity contribution in [3.05, 3.63) is 76.4 Å². The molecule has 1 N–H and O–H groups in total. The van der Waals surface area contributed by atoms with Gasteiger partial charge in [-0.3, -0.25) is 0 Å².